The zero-order valence-electron chi connectivity index (χ0n) is 11.5. The first-order valence-electron chi connectivity index (χ1n) is 6.83. The number of pyridine rings is 2. The average Bonchev–Trinajstić information content (AvgIpc) is 2.94. The Labute approximate surface area is 126 Å². The van der Waals surface area contributed by atoms with Gasteiger partial charge < -0.3 is 5.32 Å². The summed E-state index contributed by atoms with van der Waals surface area (Å²) < 4.78 is 0. The lowest BCUT2D eigenvalue weighted by molar-refractivity contribution is 0.192. The smallest absolute Gasteiger partial charge is 0.306 e. The molecule has 1 N–H and O–H groups in total. The van der Waals surface area contributed by atoms with Crippen LogP contribution < -0.4 is 5.32 Å². The van der Waals surface area contributed by atoms with Gasteiger partial charge in [-0.1, -0.05) is 0 Å². The van der Waals surface area contributed by atoms with Gasteiger partial charge in [-0.3, -0.25) is 14.9 Å². The molecule has 1 fully saturated rings. The first-order valence-corrected chi connectivity index (χ1v) is 7.81. The predicted molar refractivity (Wildman–Crippen MR) is 82.2 cm³/mol. The maximum Gasteiger partial charge on any atom is 0.323 e. The normalized spacial score (nSPS) is 23.5. The molecule has 0 radical (unpaired) electrons. The van der Waals surface area contributed by atoms with Gasteiger partial charge in [0.25, 0.3) is 0 Å². The molecule has 4 rings (SSSR count). The minimum atomic E-state index is -0.606. The van der Waals surface area contributed by atoms with Crippen LogP contribution in [0.2, 0.25) is 0 Å². The molecular weight excluding hydrogens is 284 g/mol. The lowest BCUT2D eigenvalue weighted by atomic mass is 10.0. The highest BCUT2D eigenvalue weighted by Crippen LogP contribution is 2.52. The molecule has 6 heteroatoms. The number of amides is 2. The zero-order valence-corrected chi connectivity index (χ0v) is 12.4. The van der Waals surface area contributed by atoms with Crippen LogP contribution in [-0.2, 0) is 4.87 Å². The molecule has 0 aliphatic carbocycles. The second-order valence-electron chi connectivity index (χ2n) is 5.19. The number of carbonyl (C=O) groups is 1. The first-order chi connectivity index (χ1) is 10.2. The van der Waals surface area contributed by atoms with E-state index in [9.17, 15) is 4.79 Å². The predicted octanol–water partition coefficient (Wildman–Crippen LogP) is 2.58. The Morgan fingerprint density at radius 2 is 2.24 bits per heavy atom. The van der Waals surface area contributed by atoms with E-state index in [2.05, 4.69) is 15.3 Å². The molecule has 2 aromatic heterocycles. The fraction of sp³-hybridized carbons (Fsp3) is 0.267. The topological polar surface area (TPSA) is 58.1 Å². The van der Waals surface area contributed by atoms with Crippen molar-refractivity contribution in [2.75, 3.05) is 17.6 Å². The van der Waals surface area contributed by atoms with Gasteiger partial charge in [0, 0.05) is 24.7 Å². The maximum atomic E-state index is 12.4. The largest absolute Gasteiger partial charge is 0.323 e. The number of anilines is 1. The zero-order chi connectivity index (χ0) is 14.4. The third-order valence-corrected chi connectivity index (χ3v) is 5.31. The highest BCUT2D eigenvalue weighted by molar-refractivity contribution is 8.00. The summed E-state index contributed by atoms with van der Waals surface area (Å²) in [6, 6.07) is 7.66. The van der Waals surface area contributed by atoms with Gasteiger partial charge in [0.2, 0.25) is 0 Å². The highest BCUT2D eigenvalue weighted by atomic mass is 32.2. The molecule has 0 spiro atoms. The summed E-state index contributed by atoms with van der Waals surface area (Å²) in [4.78, 5) is 22.8. The molecule has 2 aliphatic rings. The maximum absolute atomic E-state index is 12.4. The molecule has 0 saturated carbocycles. The van der Waals surface area contributed by atoms with Gasteiger partial charge >= 0.3 is 6.03 Å². The summed E-state index contributed by atoms with van der Waals surface area (Å²) in [6.07, 6.45) is 3.57. The molecule has 1 saturated heterocycles. The van der Waals surface area contributed by atoms with Crippen LogP contribution in [-0.4, -0.2) is 33.2 Å². The molecule has 5 nitrogen and oxygen atoms in total. The standard InChI is InChI=1S/C15H14N4OS/c1-10-4-6-16-12(9-10)15-13-11(3-2-5-17-13)18-14(20)19(15)7-8-21-15/h2-6,9H,7-8H2,1H3,(H,18,20). The third kappa shape index (κ3) is 1.68. The number of hydrogen-bond acceptors (Lipinski definition) is 4. The van der Waals surface area contributed by atoms with Crippen molar-refractivity contribution in [1.29, 1.82) is 0 Å². The van der Waals surface area contributed by atoms with Gasteiger partial charge in [-0.15, -0.1) is 11.8 Å². The molecule has 1 unspecified atom stereocenters. The lowest BCUT2D eigenvalue weighted by Crippen LogP contribution is -2.51. The number of hydrogen-bond donors (Lipinski definition) is 1. The van der Waals surface area contributed by atoms with Crippen molar-refractivity contribution >= 4 is 23.5 Å². The molecule has 2 amide bonds. The van der Waals surface area contributed by atoms with E-state index in [1.807, 2.05) is 36.1 Å². The first kappa shape index (κ1) is 12.6. The van der Waals surface area contributed by atoms with Crippen LogP contribution in [0.25, 0.3) is 0 Å². The van der Waals surface area contributed by atoms with Crippen LogP contribution in [0.5, 0.6) is 0 Å². The summed E-state index contributed by atoms with van der Waals surface area (Å²) >= 11 is 1.72. The van der Waals surface area contributed by atoms with Crippen molar-refractivity contribution in [3.8, 4) is 0 Å². The van der Waals surface area contributed by atoms with E-state index in [4.69, 9.17) is 0 Å². The number of nitrogens with one attached hydrogen (secondary N) is 1. The molecule has 106 valence electrons. The molecule has 4 heterocycles. The van der Waals surface area contributed by atoms with Gasteiger partial charge in [0.05, 0.1) is 11.4 Å². The Morgan fingerprint density at radius 3 is 3.10 bits per heavy atom. The lowest BCUT2D eigenvalue weighted by Gasteiger charge is -2.41. The number of fused-ring (bicyclic) bond motifs is 3. The minimum absolute atomic E-state index is 0.0798. The van der Waals surface area contributed by atoms with E-state index < -0.39 is 4.87 Å². The van der Waals surface area contributed by atoms with Crippen molar-refractivity contribution in [2.45, 2.75) is 11.8 Å². The second-order valence-corrected chi connectivity index (χ2v) is 6.48. The van der Waals surface area contributed by atoms with E-state index in [1.165, 1.54) is 0 Å². The Bertz CT molecular complexity index is 735. The fourth-order valence-electron chi connectivity index (χ4n) is 2.97. The van der Waals surface area contributed by atoms with Crippen molar-refractivity contribution in [3.63, 3.8) is 0 Å². The van der Waals surface area contributed by atoms with Crippen molar-refractivity contribution in [1.82, 2.24) is 14.9 Å². The molecule has 2 aliphatic heterocycles. The molecular formula is C15H14N4OS. The van der Waals surface area contributed by atoms with Crippen LogP contribution in [0.4, 0.5) is 10.5 Å². The summed E-state index contributed by atoms with van der Waals surface area (Å²) in [5, 5.41) is 2.92. The Balaban J connectivity index is 2.01. The number of aryl methyl sites for hydroxylation is 1. The Morgan fingerprint density at radius 1 is 1.33 bits per heavy atom. The second kappa shape index (κ2) is 4.46. The molecule has 21 heavy (non-hydrogen) atoms. The fourth-order valence-corrected chi connectivity index (χ4v) is 4.43. The Kier molecular flexibility index (Phi) is 2.68. The average molecular weight is 298 g/mol. The van der Waals surface area contributed by atoms with Crippen LogP contribution in [0, 0.1) is 6.92 Å². The van der Waals surface area contributed by atoms with Crippen LogP contribution in [0.3, 0.4) is 0 Å². The quantitative estimate of drug-likeness (QED) is 0.879. The number of rotatable bonds is 1. The van der Waals surface area contributed by atoms with Gasteiger partial charge in [-0.25, -0.2) is 4.79 Å². The number of thioether (sulfide) groups is 1. The van der Waals surface area contributed by atoms with Crippen molar-refractivity contribution < 1.29 is 4.79 Å². The van der Waals surface area contributed by atoms with Crippen LogP contribution in [0.15, 0.2) is 36.7 Å². The van der Waals surface area contributed by atoms with Gasteiger partial charge in [-0.2, -0.15) is 0 Å². The number of aromatic nitrogens is 2. The molecule has 0 aromatic carbocycles. The summed E-state index contributed by atoms with van der Waals surface area (Å²) in [7, 11) is 0. The van der Waals surface area contributed by atoms with E-state index in [0.717, 1.165) is 28.4 Å². The van der Waals surface area contributed by atoms with Crippen molar-refractivity contribution in [2.24, 2.45) is 0 Å². The van der Waals surface area contributed by atoms with Gasteiger partial charge in [0.1, 0.15) is 5.69 Å². The molecule has 0 bridgehead atoms. The van der Waals surface area contributed by atoms with Crippen LogP contribution in [0.1, 0.15) is 17.0 Å². The van der Waals surface area contributed by atoms with Gasteiger partial charge in [-0.05, 0) is 36.8 Å². The van der Waals surface area contributed by atoms with E-state index in [-0.39, 0.29) is 6.03 Å². The summed E-state index contributed by atoms with van der Waals surface area (Å²) in [5.41, 5.74) is 3.65. The van der Waals surface area contributed by atoms with E-state index in [1.54, 1.807) is 24.2 Å². The number of urea groups is 1. The Hall–Kier alpha value is -2.08. The highest BCUT2D eigenvalue weighted by Gasteiger charge is 2.53. The number of nitrogens with zero attached hydrogens (tertiary/aromatic N) is 3. The minimum Gasteiger partial charge on any atom is -0.306 e. The monoisotopic (exact) mass is 298 g/mol. The van der Waals surface area contributed by atoms with Gasteiger partial charge in [0.15, 0.2) is 4.87 Å². The van der Waals surface area contributed by atoms with E-state index >= 15 is 0 Å². The molecule has 1 atom stereocenters. The van der Waals surface area contributed by atoms with E-state index in [0.29, 0.717) is 6.54 Å². The third-order valence-electron chi connectivity index (χ3n) is 3.88. The number of carbonyl (C=O) groups excluding carboxylic acids is 1. The van der Waals surface area contributed by atoms with Crippen LogP contribution >= 0.6 is 11.8 Å². The molecule has 2 aromatic rings. The SMILES string of the molecule is Cc1ccnc(C23SCCN2C(=O)Nc2cccnc23)c1. The van der Waals surface area contributed by atoms with Crippen molar-refractivity contribution in [3.05, 3.63) is 53.6 Å². The summed E-state index contributed by atoms with van der Waals surface area (Å²) in [6.45, 7) is 2.73. The summed E-state index contributed by atoms with van der Waals surface area (Å²) in [5.74, 6) is 0.874.